The minimum atomic E-state index is -0.583. The molecule has 2 N–H and O–H groups in total. The van der Waals surface area contributed by atoms with Crippen molar-refractivity contribution in [3.63, 3.8) is 0 Å². The Morgan fingerprint density at radius 1 is 1.00 bits per heavy atom. The van der Waals surface area contributed by atoms with Gasteiger partial charge >= 0.3 is 0 Å². The molecule has 2 aromatic rings. The molecular weight excluding hydrogens is 392 g/mol. The number of anilines is 2. The average molecular weight is 410 g/mol. The first-order chi connectivity index (χ1) is 12.9. The summed E-state index contributed by atoms with van der Waals surface area (Å²) in [5.41, 5.74) is 0.901. The molecule has 27 heavy (non-hydrogen) atoms. The number of nitrogens with one attached hydrogen (secondary N) is 2. The first-order valence-corrected chi connectivity index (χ1v) is 9.27. The van der Waals surface area contributed by atoms with E-state index in [-0.39, 0.29) is 18.1 Å². The SMILES string of the molecule is O=C(CNc1cc(Cl)ccc1C(=O)N1CCCC1)Nc1cc(Cl)ccc1F. The summed E-state index contributed by atoms with van der Waals surface area (Å²) < 4.78 is 13.7. The van der Waals surface area contributed by atoms with E-state index in [1.807, 2.05) is 0 Å². The van der Waals surface area contributed by atoms with Gasteiger partial charge in [0.2, 0.25) is 5.91 Å². The van der Waals surface area contributed by atoms with Crippen LogP contribution in [0, 0.1) is 5.82 Å². The number of halogens is 3. The zero-order valence-corrected chi connectivity index (χ0v) is 15.9. The van der Waals surface area contributed by atoms with Crippen LogP contribution in [-0.4, -0.2) is 36.3 Å². The van der Waals surface area contributed by atoms with Crippen LogP contribution in [0.4, 0.5) is 15.8 Å². The van der Waals surface area contributed by atoms with E-state index in [9.17, 15) is 14.0 Å². The Hall–Kier alpha value is -2.31. The van der Waals surface area contributed by atoms with E-state index in [1.165, 1.54) is 18.2 Å². The summed E-state index contributed by atoms with van der Waals surface area (Å²) in [6, 6.07) is 8.77. The number of hydrogen-bond acceptors (Lipinski definition) is 3. The molecule has 0 saturated carbocycles. The summed E-state index contributed by atoms with van der Waals surface area (Å²) in [6.07, 6.45) is 1.96. The fourth-order valence-electron chi connectivity index (χ4n) is 2.90. The molecule has 0 spiro atoms. The van der Waals surface area contributed by atoms with Gasteiger partial charge in [0.25, 0.3) is 5.91 Å². The van der Waals surface area contributed by atoms with E-state index in [2.05, 4.69) is 10.6 Å². The summed E-state index contributed by atoms with van der Waals surface area (Å²) in [7, 11) is 0. The smallest absolute Gasteiger partial charge is 0.255 e. The number of amides is 2. The molecule has 0 aromatic heterocycles. The zero-order valence-electron chi connectivity index (χ0n) is 14.4. The summed E-state index contributed by atoms with van der Waals surface area (Å²) in [6.45, 7) is 1.28. The molecule has 1 aliphatic rings. The zero-order chi connectivity index (χ0) is 19.4. The Labute approximate surface area is 166 Å². The Balaban J connectivity index is 1.69. The van der Waals surface area contributed by atoms with E-state index in [0.717, 1.165) is 25.9 Å². The third kappa shape index (κ3) is 4.90. The Morgan fingerprint density at radius 2 is 1.63 bits per heavy atom. The highest BCUT2D eigenvalue weighted by Gasteiger charge is 2.22. The predicted octanol–water partition coefficient (Wildman–Crippen LogP) is 4.42. The highest BCUT2D eigenvalue weighted by molar-refractivity contribution is 6.31. The van der Waals surface area contributed by atoms with Crippen molar-refractivity contribution >= 4 is 46.4 Å². The maximum Gasteiger partial charge on any atom is 0.255 e. The van der Waals surface area contributed by atoms with E-state index < -0.39 is 11.7 Å². The van der Waals surface area contributed by atoms with Crippen molar-refractivity contribution in [2.24, 2.45) is 0 Å². The van der Waals surface area contributed by atoms with Crippen LogP contribution in [0.25, 0.3) is 0 Å². The van der Waals surface area contributed by atoms with Gasteiger partial charge in [0, 0.05) is 28.8 Å². The number of rotatable bonds is 5. The second-order valence-electron chi connectivity index (χ2n) is 6.22. The summed E-state index contributed by atoms with van der Waals surface area (Å²) >= 11 is 11.9. The largest absolute Gasteiger partial charge is 0.375 e. The molecule has 2 amide bonds. The van der Waals surface area contributed by atoms with Gasteiger partial charge in [-0.1, -0.05) is 23.2 Å². The molecule has 142 valence electrons. The van der Waals surface area contributed by atoms with E-state index in [1.54, 1.807) is 23.1 Å². The number of carbonyl (C=O) groups is 2. The minimum Gasteiger partial charge on any atom is -0.375 e. The molecule has 2 aromatic carbocycles. The molecule has 1 saturated heterocycles. The molecule has 5 nitrogen and oxygen atoms in total. The fraction of sp³-hybridized carbons (Fsp3) is 0.263. The Bertz CT molecular complexity index is 870. The van der Waals surface area contributed by atoms with Crippen LogP contribution in [0.3, 0.4) is 0 Å². The van der Waals surface area contributed by atoms with Crippen LogP contribution in [0.1, 0.15) is 23.2 Å². The standard InChI is InChI=1S/C19H18Cl2FN3O2/c20-12-3-5-14(19(27)25-7-1-2-8-25)16(9-12)23-11-18(26)24-17-10-13(21)4-6-15(17)22/h3-6,9-10,23H,1-2,7-8,11H2,(H,24,26). The van der Waals surface area contributed by atoms with Crippen molar-refractivity contribution in [2.45, 2.75) is 12.8 Å². The summed E-state index contributed by atoms with van der Waals surface area (Å²) in [5, 5.41) is 6.12. The summed E-state index contributed by atoms with van der Waals surface area (Å²) in [4.78, 5) is 26.6. The van der Waals surface area contributed by atoms with Crippen molar-refractivity contribution in [1.82, 2.24) is 4.90 Å². The lowest BCUT2D eigenvalue weighted by Gasteiger charge is -2.18. The Kier molecular flexibility index (Phi) is 6.19. The second-order valence-corrected chi connectivity index (χ2v) is 7.09. The minimum absolute atomic E-state index is 0.00578. The van der Waals surface area contributed by atoms with Crippen molar-refractivity contribution in [2.75, 3.05) is 30.3 Å². The van der Waals surface area contributed by atoms with Gasteiger partial charge in [-0.2, -0.15) is 0 Å². The summed E-state index contributed by atoms with van der Waals surface area (Å²) in [5.74, 6) is -1.16. The fourth-order valence-corrected chi connectivity index (χ4v) is 3.25. The molecule has 0 atom stereocenters. The highest BCUT2D eigenvalue weighted by atomic mass is 35.5. The van der Waals surface area contributed by atoms with Gasteiger partial charge in [0.1, 0.15) is 5.82 Å². The average Bonchev–Trinajstić information content (AvgIpc) is 3.17. The van der Waals surface area contributed by atoms with Crippen LogP contribution in [0.2, 0.25) is 10.0 Å². The van der Waals surface area contributed by atoms with Gasteiger partial charge in [-0.05, 0) is 49.2 Å². The van der Waals surface area contributed by atoms with Crippen molar-refractivity contribution in [3.05, 3.63) is 57.8 Å². The quantitative estimate of drug-likeness (QED) is 0.767. The number of benzene rings is 2. The number of carbonyl (C=O) groups excluding carboxylic acids is 2. The number of hydrogen-bond donors (Lipinski definition) is 2. The van der Waals surface area contributed by atoms with Gasteiger partial charge in [-0.3, -0.25) is 9.59 Å². The van der Waals surface area contributed by atoms with Gasteiger partial charge in [-0.15, -0.1) is 0 Å². The van der Waals surface area contributed by atoms with Crippen LogP contribution in [0.5, 0.6) is 0 Å². The van der Waals surface area contributed by atoms with E-state index in [0.29, 0.717) is 21.3 Å². The molecule has 8 heteroatoms. The molecule has 0 bridgehead atoms. The maximum absolute atomic E-state index is 13.7. The van der Waals surface area contributed by atoms with E-state index >= 15 is 0 Å². The Morgan fingerprint density at radius 3 is 2.33 bits per heavy atom. The van der Waals surface area contributed by atoms with Crippen LogP contribution >= 0.6 is 23.2 Å². The monoisotopic (exact) mass is 409 g/mol. The lowest BCUT2D eigenvalue weighted by molar-refractivity contribution is -0.114. The van der Waals surface area contributed by atoms with Crippen LogP contribution in [-0.2, 0) is 4.79 Å². The van der Waals surface area contributed by atoms with Gasteiger partial charge < -0.3 is 15.5 Å². The molecule has 1 aliphatic heterocycles. The molecule has 1 fully saturated rings. The third-order valence-electron chi connectivity index (χ3n) is 4.25. The van der Waals surface area contributed by atoms with Gasteiger partial charge in [0.15, 0.2) is 0 Å². The molecule has 0 unspecified atom stereocenters. The van der Waals surface area contributed by atoms with Crippen LogP contribution in [0.15, 0.2) is 36.4 Å². The first-order valence-electron chi connectivity index (χ1n) is 8.51. The number of nitrogens with zero attached hydrogens (tertiary/aromatic N) is 1. The van der Waals surface area contributed by atoms with E-state index in [4.69, 9.17) is 23.2 Å². The lowest BCUT2D eigenvalue weighted by Crippen LogP contribution is -2.29. The van der Waals surface area contributed by atoms with Crippen molar-refractivity contribution < 1.29 is 14.0 Å². The molecule has 3 rings (SSSR count). The van der Waals surface area contributed by atoms with Crippen LogP contribution < -0.4 is 10.6 Å². The highest BCUT2D eigenvalue weighted by Crippen LogP contribution is 2.24. The second kappa shape index (κ2) is 8.59. The number of likely N-dealkylation sites (tertiary alicyclic amines) is 1. The molecule has 0 radical (unpaired) electrons. The molecular formula is C19H18Cl2FN3O2. The van der Waals surface area contributed by atoms with Crippen molar-refractivity contribution in [3.8, 4) is 0 Å². The topological polar surface area (TPSA) is 61.4 Å². The predicted molar refractivity (Wildman–Crippen MR) is 105 cm³/mol. The first kappa shape index (κ1) is 19.5. The normalized spacial score (nSPS) is 13.5. The lowest BCUT2D eigenvalue weighted by atomic mass is 10.1. The van der Waals surface area contributed by atoms with Crippen molar-refractivity contribution in [1.29, 1.82) is 0 Å². The molecule has 0 aliphatic carbocycles. The maximum atomic E-state index is 13.7. The van der Waals surface area contributed by atoms with Gasteiger partial charge in [0.05, 0.1) is 17.8 Å². The van der Waals surface area contributed by atoms with Gasteiger partial charge in [-0.25, -0.2) is 4.39 Å². The third-order valence-corrected chi connectivity index (χ3v) is 4.72. The molecule has 1 heterocycles.